The molecular formula is C35H43ClN2O6. The first-order valence-electron chi connectivity index (χ1n) is 15.8. The van der Waals surface area contributed by atoms with Gasteiger partial charge >= 0.3 is 5.97 Å². The summed E-state index contributed by atoms with van der Waals surface area (Å²) < 4.78 is 12.6. The predicted octanol–water partition coefficient (Wildman–Crippen LogP) is 5.32. The fourth-order valence-electron chi connectivity index (χ4n) is 7.76. The van der Waals surface area contributed by atoms with Gasteiger partial charge in [-0.05, 0) is 98.2 Å². The number of anilines is 1. The van der Waals surface area contributed by atoms with Gasteiger partial charge in [-0.3, -0.25) is 4.79 Å². The van der Waals surface area contributed by atoms with Crippen LogP contribution < -0.4 is 9.64 Å². The average Bonchev–Trinajstić information content (AvgIpc) is 3.14. The van der Waals surface area contributed by atoms with Crippen molar-refractivity contribution in [1.29, 1.82) is 0 Å². The molecule has 2 aromatic rings. The maximum absolute atomic E-state index is 13.4. The van der Waals surface area contributed by atoms with Crippen LogP contribution in [0.1, 0.15) is 62.1 Å². The lowest BCUT2D eigenvalue weighted by Gasteiger charge is -2.46. The molecule has 2 aliphatic carbocycles. The molecule has 236 valence electrons. The Morgan fingerprint density at radius 1 is 1.18 bits per heavy atom. The third-order valence-electron chi connectivity index (χ3n) is 10.8. The van der Waals surface area contributed by atoms with Crippen molar-refractivity contribution in [2.75, 3.05) is 38.8 Å². The zero-order valence-corrected chi connectivity index (χ0v) is 26.6. The van der Waals surface area contributed by atoms with Crippen molar-refractivity contribution in [3.05, 3.63) is 70.3 Å². The molecule has 1 spiro atoms. The summed E-state index contributed by atoms with van der Waals surface area (Å²) in [5, 5.41) is 22.7. The van der Waals surface area contributed by atoms with Crippen LogP contribution in [-0.4, -0.2) is 73.0 Å². The Balaban J connectivity index is 1.47. The first kappa shape index (κ1) is 30.9. The van der Waals surface area contributed by atoms with Gasteiger partial charge in [-0.15, -0.1) is 0 Å². The van der Waals surface area contributed by atoms with Crippen molar-refractivity contribution in [1.82, 2.24) is 4.90 Å². The summed E-state index contributed by atoms with van der Waals surface area (Å²) in [5.41, 5.74) is 0.743. The zero-order chi connectivity index (χ0) is 31.2. The lowest BCUT2D eigenvalue weighted by Crippen LogP contribution is -2.49. The first-order chi connectivity index (χ1) is 21.0. The second kappa shape index (κ2) is 12.0. The molecule has 4 aliphatic rings. The SMILES string of the molecule is CO[C@H]1/C=C\C[C@H](C)N(C)C(=O)C[C@](O)(C(=O)O)c2ccc3c(c2)N(C[C@@H]2CC[C@H]21)C[C@@]1(CCCc2cc(Cl)ccc21)CO3. The number of aliphatic carboxylic acids is 1. The summed E-state index contributed by atoms with van der Waals surface area (Å²) in [6.45, 7) is 3.82. The van der Waals surface area contributed by atoms with Gasteiger partial charge in [0.2, 0.25) is 5.91 Å². The number of halogens is 1. The fraction of sp³-hybridized carbons (Fsp3) is 0.543. The lowest BCUT2D eigenvalue weighted by molar-refractivity contribution is -0.165. The molecule has 0 aromatic heterocycles. The van der Waals surface area contributed by atoms with E-state index in [1.807, 2.05) is 13.0 Å². The van der Waals surface area contributed by atoms with E-state index in [-0.39, 0.29) is 23.1 Å². The topological polar surface area (TPSA) is 99.5 Å². The van der Waals surface area contributed by atoms with Crippen LogP contribution in [0.3, 0.4) is 0 Å². The molecule has 2 N–H and O–H groups in total. The van der Waals surface area contributed by atoms with Crippen molar-refractivity contribution < 1.29 is 29.3 Å². The second-order valence-electron chi connectivity index (χ2n) is 13.3. The highest BCUT2D eigenvalue weighted by Crippen LogP contribution is 2.47. The molecule has 6 atom stereocenters. The number of methoxy groups -OCH3 is 1. The molecular weight excluding hydrogens is 580 g/mol. The van der Waals surface area contributed by atoms with Gasteiger partial charge in [0.05, 0.1) is 24.8 Å². The Morgan fingerprint density at radius 3 is 2.73 bits per heavy atom. The monoisotopic (exact) mass is 622 g/mol. The Morgan fingerprint density at radius 2 is 2.00 bits per heavy atom. The van der Waals surface area contributed by atoms with E-state index in [9.17, 15) is 19.8 Å². The molecule has 0 unspecified atom stereocenters. The number of aryl methyl sites for hydroxylation is 1. The molecule has 6 rings (SSSR count). The molecule has 0 radical (unpaired) electrons. The number of carbonyl (C=O) groups excluding carboxylic acids is 1. The number of aliphatic hydroxyl groups is 1. The van der Waals surface area contributed by atoms with Crippen LogP contribution in [-0.2, 0) is 31.8 Å². The van der Waals surface area contributed by atoms with Crippen LogP contribution in [0.25, 0.3) is 0 Å². The Bertz CT molecular complexity index is 1460. The van der Waals surface area contributed by atoms with Crippen molar-refractivity contribution in [2.24, 2.45) is 11.8 Å². The summed E-state index contributed by atoms with van der Waals surface area (Å²) >= 11 is 6.41. The van der Waals surface area contributed by atoms with E-state index in [0.29, 0.717) is 37.2 Å². The number of rotatable bonds is 2. The normalized spacial score (nSPS) is 33.0. The summed E-state index contributed by atoms with van der Waals surface area (Å²) in [7, 11) is 3.41. The standard InChI is InChI=1S/C35H43ClN2O6/c1-22-6-4-8-30(43-3)27-12-9-24(27)19-38-20-34(15-5-7-23-16-26(36)11-13-28(23)34)21-44-31-14-10-25(17-29(31)38)35(42,33(40)41)18-32(39)37(22)2/h4,8,10-11,13-14,16-17,22,24,27,30,42H,5-7,9,12,15,18-21H2,1-3H3,(H,40,41)/b8-4-/t22-,24-,27+,30-,34-,35+/m0/s1. The molecule has 1 saturated carbocycles. The number of benzene rings is 2. The molecule has 1 fully saturated rings. The number of ether oxygens (including phenoxy) is 2. The lowest BCUT2D eigenvalue weighted by atomic mass is 9.68. The van der Waals surface area contributed by atoms with Crippen LogP contribution in [0.2, 0.25) is 5.02 Å². The van der Waals surface area contributed by atoms with E-state index < -0.39 is 23.9 Å². The summed E-state index contributed by atoms with van der Waals surface area (Å²) in [6.07, 6.45) is 9.23. The Kier molecular flexibility index (Phi) is 8.46. The fourth-order valence-corrected chi connectivity index (χ4v) is 7.96. The Hall–Kier alpha value is -3.07. The Labute approximate surface area is 264 Å². The summed E-state index contributed by atoms with van der Waals surface area (Å²) in [4.78, 5) is 29.9. The van der Waals surface area contributed by atoms with Gasteiger partial charge in [-0.1, -0.05) is 35.9 Å². The zero-order valence-electron chi connectivity index (χ0n) is 25.8. The van der Waals surface area contributed by atoms with E-state index in [1.54, 1.807) is 32.4 Å². The highest BCUT2D eigenvalue weighted by atomic mass is 35.5. The van der Waals surface area contributed by atoms with Crippen LogP contribution >= 0.6 is 11.6 Å². The number of carboxylic acids is 1. The van der Waals surface area contributed by atoms with E-state index in [4.69, 9.17) is 21.1 Å². The van der Waals surface area contributed by atoms with Crippen LogP contribution in [0.5, 0.6) is 5.75 Å². The quantitative estimate of drug-likeness (QED) is 0.437. The number of hydrogen-bond acceptors (Lipinski definition) is 6. The first-order valence-corrected chi connectivity index (χ1v) is 16.1. The predicted molar refractivity (Wildman–Crippen MR) is 169 cm³/mol. The van der Waals surface area contributed by atoms with Gasteiger partial charge in [-0.25, -0.2) is 4.79 Å². The van der Waals surface area contributed by atoms with Gasteiger partial charge in [0.15, 0.2) is 5.60 Å². The average molecular weight is 623 g/mol. The number of nitrogens with zero attached hydrogens (tertiary/aromatic N) is 2. The molecule has 2 aromatic carbocycles. The molecule has 8 nitrogen and oxygen atoms in total. The highest BCUT2D eigenvalue weighted by molar-refractivity contribution is 6.30. The van der Waals surface area contributed by atoms with E-state index in [2.05, 4.69) is 29.2 Å². The van der Waals surface area contributed by atoms with Gasteiger partial charge in [0.1, 0.15) is 5.75 Å². The minimum Gasteiger partial charge on any atom is -0.490 e. The second-order valence-corrected chi connectivity index (χ2v) is 13.8. The van der Waals surface area contributed by atoms with Crippen LogP contribution in [0, 0.1) is 11.8 Å². The number of fused-ring (bicyclic) bond motifs is 4. The molecule has 2 bridgehead atoms. The summed E-state index contributed by atoms with van der Waals surface area (Å²) in [5.74, 6) is -0.552. The maximum atomic E-state index is 13.4. The minimum absolute atomic E-state index is 0.0347. The van der Waals surface area contributed by atoms with Gasteiger partial charge in [-0.2, -0.15) is 0 Å². The largest absolute Gasteiger partial charge is 0.490 e. The van der Waals surface area contributed by atoms with E-state index >= 15 is 0 Å². The third-order valence-corrected chi connectivity index (χ3v) is 11.0. The molecule has 2 heterocycles. The summed E-state index contributed by atoms with van der Waals surface area (Å²) in [6, 6.07) is 11.1. The van der Waals surface area contributed by atoms with Crippen LogP contribution in [0.15, 0.2) is 48.6 Å². The van der Waals surface area contributed by atoms with Gasteiger partial charge < -0.3 is 29.5 Å². The molecule has 1 amide bonds. The number of amides is 1. The van der Waals surface area contributed by atoms with E-state index in [1.165, 1.54) is 16.0 Å². The number of hydrogen-bond donors (Lipinski definition) is 2. The maximum Gasteiger partial charge on any atom is 0.340 e. The minimum atomic E-state index is -2.39. The molecule has 44 heavy (non-hydrogen) atoms. The van der Waals surface area contributed by atoms with Crippen LogP contribution in [0.4, 0.5) is 5.69 Å². The molecule has 9 heteroatoms. The molecule has 0 saturated heterocycles. The van der Waals surface area contributed by atoms with Crippen molar-refractivity contribution in [3.8, 4) is 5.75 Å². The van der Waals surface area contributed by atoms with Crippen molar-refractivity contribution >= 4 is 29.2 Å². The van der Waals surface area contributed by atoms with Gasteiger partial charge in [0, 0.05) is 43.7 Å². The van der Waals surface area contributed by atoms with Crippen molar-refractivity contribution in [3.63, 3.8) is 0 Å². The number of carboxylic acid groups (broad SMARTS) is 1. The van der Waals surface area contributed by atoms with E-state index in [0.717, 1.165) is 49.4 Å². The highest BCUT2D eigenvalue weighted by Gasteiger charge is 2.46. The van der Waals surface area contributed by atoms with Crippen molar-refractivity contribution in [2.45, 2.75) is 75.0 Å². The third kappa shape index (κ3) is 5.50. The number of carbonyl (C=O) groups is 2. The molecule has 2 aliphatic heterocycles. The van der Waals surface area contributed by atoms with Gasteiger partial charge in [0.25, 0.3) is 0 Å². The smallest absolute Gasteiger partial charge is 0.340 e.